The molecule has 1 heterocycles. The van der Waals surface area contributed by atoms with Crippen molar-refractivity contribution in [2.75, 3.05) is 16.6 Å². The molecule has 1 aliphatic rings. The molecule has 0 aromatic heterocycles. The summed E-state index contributed by atoms with van der Waals surface area (Å²) in [4.78, 5) is 23.5. The van der Waals surface area contributed by atoms with Crippen molar-refractivity contribution in [3.63, 3.8) is 0 Å². The average molecular weight is 354 g/mol. The lowest BCUT2D eigenvalue weighted by Gasteiger charge is -2.20. The van der Waals surface area contributed by atoms with Gasteiger partial charge in [-0.3, -0.25) is 9.10 Å². The molecule has 2 rings (SSSR count). The van der Waals surface area contributed by atoms with Gasteiger partial charge in [-0.25, -0.2) is 13.2 Å². The summed E-state index contributed by atoms with van der Waals surface area (Å²) < 4.78 is 25.3. The van der Waals surface area contributed by atoms with E-state index in [1.807, 2.05) is 0 Å². The van der Waals surface area contributed by atoms with Crippen LogP contribution in [0.1, 0.15) is 36.2 Å². The van der Waals surface area contributed by atoms with Gasteiger partial charge in [0.05, 0.1) is 11.4 Å². The topological polar surface area (TPSA) is 104 Å². The summed E-state index contributed by atoms with van der Waals surface area (Å²) in [6.07, 6.45) is 0.582. The Bertz CT molecular complexity index is 758. The fourth-order valence-corrected chi connectivity index (χ4v) is 4.28. The van der Waals surface area contributed by atoms with Crippen LogP contribution in [0.5, 0.6) is 0 Å². The zero-order chi connectivity index (χ0) is 18.1. The van der Waals surface area contributed by atoms with Crippen molar-refractivity contribution in [3.8, 4) is 0 Å². The van der Waals surface area contributed by atoms with Crippen LogP contribution in [0.15, 0.2) is 18.2 Å². The number of sulfonamides is 1. The van der Waals surface area contributed by atoms with E-state index < -0.39 is 27.9 Å². The molecule has 8 heteroatoms. The Labute approximate surface area is 141 Å². The first-order valence-electron chi connectivity index (χ1n) is 7.78. The molecule has 0 aliphatic carbocycles. The number of anilines is 1. The molecule has 0 radical (unpaired) electrons. The summed E-state index contributed by atoms with van der Waals surface area (Å²) in [6, 6.07) is 3.78. The third-order valence-corrected chi connectivity index (χ3v) is 5.93. The maximum Gasteiger partial charge on any atom is 0.326 e. The van der Waals surface area contributed by atoms with Gasteiger partial charge in [-0.2, -0.15) is 0 Å². The largest absolute Gasteiger partial charge is 0.480 e. The van der Waals surface area contributed by atoms with Gasteiger partial charge in [-0.15, -0.1) is 0 Å². The number of benzene rings is 1. The molecule has 24 heavy (non-hydrogen) atoms. The normalized spacial score (nSPS) is 17.8. The van der Waals surface area contributed by atoms with Gasteiger partial charge in [0.1, 0.15) is 6.04 Å². The van der Waals surface area contributed by atoms with E-state index in [9.17, 15) is 18.0 Å². The zero-order valence-electron chi connectivity index (χ0n) is 13.9. The first-order valence-corrected chi connectivity index (χ1v) is 9.39. The van der Waals surface area contributed by atoms with Crippen LogP contribution in [-0.4, -0.2) is 43.7 Å². The molecule has 2 N–H and O–H groups in total. The second-order valence-corrected chi connectivity index (χ2v) is 8.29. The van der Waals surface area contributed by atoms with Crippen molar-refractivity contribution in [2.24, 2.45) is 5.92 Å². The Kier molecular flexibility index (Phi) is 5.17. The predicted octanol–water partition coefficient (Wildman–Crippen LogP) is 1.37. The summed E-state index contributed by atoms with van der Waals surface area (Å²) in [6.45, 7) is 5.56. The number of aryl methyl sites for hydroxylation is 1. The van der Waals surface area contributed by atoms with Gasteiger partial charge in [0, 0.05) is 12.1 Å². The molecule has 1 amide bonds. The molecule has 1 aromatic carbocycles. The maximum atomic E-state index is 12.3. The average Bonchev–Trinajstić information content (AvgIpc) is 2.83. The second kappa shape index (κ2) is 6.80. The maximum absolute atomic E-state index is 12.3. The molecule has 0 unspecified atom stereocenters. The van der Waals surface area contributed by atoms with E-state index in [2.05, 4.69) is 5.32 Å². The van der Waals surface area contributed by atoms with E-state index in [0.29, 0.717) is 29.8 Å². The smallest absolute Gasteiger partial charge is 0.326 e. The number of carbonyl (C=O) groups excluding carboxylic acids is 1. The van der Waals surface area contributed by atoms with Crippen LogP contribution < -0.4 is 9.62 Å². The van der Waals surface area contributed by atoms with E-state index in [1.54, 1.807) is 32.9 Å². The Balaban J connectivity index is 2.24. The van der Waals surface area contributed by atoms with Crippen molar-refractivity contribution in [1.82, 2.24) is 5.32 Å². The van der Waals surface area contributed by atoms with Crippen LogP contribution in [0.25, 0.3) is 0 Å². The van der Waals surface area contributed by atoms with Crippen LogP contribution >= 0.6 is 0 Å². The first kappa shape index (κ1) is 18.3. The fraction of sp³-hybridized carbons (Fsp3) is 0.500. The highest BCUT2D eigenvalue weighted by atomic mass is 32.2. The molecule has 1 fully saturated rings. The van der Waals surface area contributed by atoms with Gasteiger partial charge in [0.2, 0.25) is 10.0 Å². The Hall–Kier alpha value is -2.09. The van der Waals surface area contributed by atoms with Crippen LogP contribution in [0.2, 0.25) is 0 Å². The monoisotopic (exact) mass is 354 g/mol. The minimum atomic E-state index is -3.28. The minimum Gasteiger partial charge on any atom is -0.480 e. The number of amides is 1. The number of carboxylic acid groups (broad SMARTS) is 1. The number of nitrogens with zero attached hydrogens (tertiary/aromatic N) is 1. The van der Waals surface area contributed by atoms with Crippen LogP contribution in [0.3, 0.4) is 0 Å². The molecule has 1 atom stereocenters. The van der Waals surface area contributed by atoms with Crippen LogP contribution in [0, 0.1) is 12.8 Å². The van der Waals surface area contributed by atoms with Crippen molar-refractivity contribution in [3.05, 3.63) is 29.3 Å². The lowest BCUT2D eigenvalue weighted by molar-refractivity contribution is -0.140. The number of hydrogen-bond donors (Lipinski definition) is 2. The number of aliphatic carboxylic acids is 1. The standard InChI is InChI=1S/C16H22N2O5S/c1-10(2)14(16(20)21)17-15(19)13-6-5-12(9-11(13)3)18-7-4-8-24(18,22)23/h5-6,9-10,14H,4,7-8H2,1-3H3,(H,17,19)(H,20,21)/t14-/m0/s1. The van der Waals surface area contributed by atoms with Crippen molar-refractivity contribution in [1.29, 1.82) is 0 Å². The van der Waals surface area contributed by atoms with Crippen molar-refractivity contribution >= 4 is 27.6 Å². The molecular formula is C16H22N2O5S. The molecule has 1 saturated heterocycles. The SMILES string of the molecule is Cc1cc(N2CCCS2(=O)=O)ccc1C(=O)N[C@H](C(=O)O)C(C)C. The lowest BCUT2D eigenvalue weighted by atomic mass is 10.0. The quantitative estimate of drug-likeness (QED) is 0.831. The molecule has 0 spiro atoms. The zero-order valence-corrected chi connectivity index (χ0v) is 14.8. The third-order valence-electron chi connectivity index (χ3n) is 4.06. The summed E-state index contributed by atoms with van der Waals surface area (Å²) in [5, 5.41) is 11.7. The highest BCUT2D eigenvalue weighted by molar-refractivity contribution is 7.93. The highest BCUT2D eigenvalue weighted by Crippen LogP contribution is 2.26. The number of rotatable bonds is 5. The van der Waals surface area contributed by atoms with E-state index in [-0.39, 0.29) is 11.7 Å². The van der Waals surface area contributed by atoms with Crippen molar-refractivity contribution < 1.29 is 23.1 Å². The molecular weight excluding hydrogens is 332 g/mol. The molecule has 1 aliphatic heterocycles. The van der Waals surface area contributed by atoms with Crippen LogP contribution in [0.4, 0.5) is 5.69 Å². The first-order chi connectivity index (χ1) is 11.1. The van der Waals surface area contributed by atoms with E-state index >= 15 is 0 Å². The Morgan fingerprint density at radius 1 is 1.29 bits per heavy atom. The molecule has 132 valence electrons. The number of carbonyl (C=O) groups is 2. The molecule has 0 bridgehead atoms. The number of hydrogen-bond acceptors (Lipinski definition) is 4. The second-order valence-electron chi connectivity index (χ2n) is 6.27. The van der Waals surface area contributed by atoms with Gasteiger partial charge >= 0.3 is 5.97 Å². The van der Waals surface area contributed by atoms with Gasteiger partial charge in [0.25, 0.3) is 5.91 Å². The van der Waals surface area contributed by atoms with Crippen molar-refractivity contribution in [2.45, 2.75) is 33.2 Å². The van der Waals surface area contributed by atoms with Gasteiger partial charge < -0.3 is 10.4 Å². The Morgan fingerprint density at radius 3 is 2.42 bits per heavy atom. The number of nitrogens with one attached hydrogen (secondary N) is 1. The van der Waals surface area contributed by atoms with Gasteiger partial charge in [0.15, 0.2) is 0 Å². The molecule has 0 saturated carbocycles. The minimum absolute atomic E-state index is 0.128. The fourth-order valence-electron chi connectivity index (χ4n) is 2.72. The Morgan fingerprint density at radius 2 is 1.96 bits per heavy atom. The van der Waals surface area contributed by atoms with Crippen LogP contribution in [-0.2, 0) is 14.8 Å². The van der Waals surface area contributed by atoms with E-state index in [4.69, 9.17) is 5.11 Å². The summed E-state index contributed by atoms with van der Waals surface area (Å²) in [7, 11) is -3.28. The van der Waals surface area contributed by atoms with Gasteiger partial charge in [-0.1, -0.05) is 13.8 Å². The molecule has 7 nitrogen and oxygen atoms in total. The molecule has 1 aromatic rings. The van der Waals surface area contributed by atoms with E-state index in [1.165, 1.54) is 10.4 Å². The summed E-state index contributed by atoms with van der Waals surface area (Å²) in [5.74, 6) is -1.69. The highest BCUT2D eigenvalue weighted by Gasteiger charge is 2.29. The summed E-state index contributed by atoms with van der Waals surface area (Å²) in [5.41, 5.74) is 1.46. The predicted molar refractivity (Wildman–Crippen MR) is 90.7 cm³/mol. The third kappa shape index (κ3) is 3.69. The van der Waals surface area contributed by atoms with E-state index in [0.717, 1.165) is 0 Å². The number of carboxylic acids is 1. The van der Waals surface area contributed by atoms with Gasteiger partial charge in [-0.05, 0) is 43.0 Å². The summed E-state index contributed by atoms with van der Waals surface area (Å²) >= 11 is 0. The lowest BCUT2D eigenvalue weighted by Crippen LogP contribution is -2.44.